The lowest BCUT2D eigenvalue weighted by atomic mass is 10.6. The molecule has 0 aromatic carbocycles. The summed E-state index contributed by atoms with van der Waals surface area (Å²) in [6, 6.07) is 0. The lowest BCUT2D eigenvalue weighted by molar-refractivity contribution is 0.0822. The van der Waals surface area contributed by atoms with E-state index in [4.69, 9.17) is 0 Å². The third kappa shape index (κ3) is 1.01. The van der Waals surface area contributed by atoms with Gasteiger partial charge in [-0.05, 0) is 0 Å². The fraction of sp³-hybridized carbons (Fsp3) is 0. The van der Waals surface area contributed by atoms with Gasteiger partial charge in [-0.2, -0.15) is 5.54 Å². The minimum atomic E-state index is -1.03. The monoisotopic (exact) mass is 131 g/mol. The van der Waals surface area contributed by atoms with E-state index in [0.29, 0.717) is 0 Å². The van der Waals surface area contributed by atoms with E-state index in [1.807, 2.05) is 0 Å². The molecule has 1 N–H and O–H groups in total. The fourth-order valence-corrected chi connectivity index (χ4v) is 0.312. The van der Waals surface area contributed by atoms with Crippen molar-refractivity contribution in [2.24, 2.45) is 0 Å². The first-order valence-electron chi connectivity index (χ1n) is 2.01. The summed E-state index contributed by atoms with van der Waals surface area (Å²) in [5, 5.41) is 6.27. The Kier molecular flexibility index (Phi) is 1.39. The first kappa shape index (κ1) is 5.67. The number of nitrogens with zero attached hydrogens (tertiary/aromatic N) is 2. The number of amides is 1. The molecule has 0 bridgehead atoms. The van der Waals surface area contributed by atoms with Gasteiger partial charge in [-0.1, -0.05) is 4.48 Å². The molecule has 0 radical (unpaired) electrons. The maximum Gasteiger partial charge on any atom is 0.336 e. The average molecular weight is 131 g/mol. The molecule has 48 valence electrons. The smallest absolute Gasteiger partial charge is 0.336 e. The molecule has 5 nitrogen and oxygen atoms in total. The molecule has 0 fully saturated rings. The number of carbonyl (C=O) groups excluding carboxylic acids is 1. The number of rotatable bonds is 1. The van der Waals surface area contributed by atoms with Gasteiger partial charge < -0.3 is 4.42 Å². The van der Waals surface area contributed by atoms with Crippen molar-refractivity contribution in [2.75, 3.05) is 0 Å². The molecular formula is C3H2FN3O2. The molecule has 1 aromatic heterocycles. The maximum absolute atomic E-state index is 11.2. The Morgan fingerprint density at radius 1 is 1.89 bits per heavy atom. The third-order valence-electron chi connectivity index (χ3n) is 0.640. The molecule has 1 rings (SSSR count). The highest BCUT2D eigenvalue weighted by Crippen LogP contribution is 1.89. The summed E-state index contributed by atoms with van der Waals surface area (Å²) < 4.78 is 15.5. The number of halogens is 1. The Morgan fingerprint density at radius 2 is 2.67 bits per heavy atom. The van der Waals surface area contributed by atoms with Gasteiger partial charge in [0, 0.05) is 0 Å². The van der Waals surface area contributed by atoms with Gasteiger partial charge in [0.2, 0.25) is 6.39 Å². The second-order valence-electron chi connectivity index (χ2n) is 1.17. The van der Waals surface area contributed by atoms with E-state index in [-0.39, 0.29) is 0 Å². The average Bonchev–Trinajstić information content (AvgIpc) is 2.37. The zero-order chi connectivity index (χ0) is 6.69. The van der Waals surface area contributed by atoms with Gasteiger partial charge in [0.1, 0.15) is 0 Å². The summed E-state index contributed by atoms with van der Waals surface area (Å²) in [5.41, 5.74) is 0.832. The highest BCUT2D eigenvalue weighted by Gasteiger charge is 2.08. The van der Waals surface area contributed by atoms with Crippen molar-refractivity contribution >= 4 is 5.91 Å². The van der Waals surface area contributed by atoms with Gasteiger partial charge in [0.05, 0.1) is 0 Å². The Morgan fingerprint density at radius 3 is 3.11 bits per heavy atom. The van der Waals surface area contributed by atoms with Gasteiger partial charge in [0.15, 0.2) is 0 Å². The lowest BCUT2D eigenvalue weighted by Gasteiger charge is -1.83. The maximum atomic E-state index is 11.2. The van der Waals surface area contributed by atoms with Crippen LogP contribution in [0.5, 0.6) is 0 Å². The largest absolute Gasteiger partial charge is 0.420 e. The van der Waals surface area contributed by atoms with Crippen LogP contribution in [0, 0.1) is 0 Å². The summed E-state index contributed by atoms with van der Waals surface area (Å²) >= 11 is 0. The number of carbonyl (C=O) groups is 1. The quantitative estimate of drug-likeness (QED) is 0.530. The minimum absolute atomic E-state index is 0.391. The summed E-state index contributed by atoms with van der Waals surface area (Å²) in [7, 11) is 0. The van der Waals surface area contributed by atoms with E-state index >= 15 is 0 Å². The molecule has 0 aliphatic carbocycles. The first-order chi connectivity index (χ1) is 4.34. The van der Waals surface area contributed by atoms with Crippen LogP contribution in [0.2, 0.25) is 0 Å². The SMILES string of the molecule is O=C(NF)c1nnco1. The molecule has 0 aliphatic rings. The second kappa shape index (κ2) is 2.21. The first-order valence-corrected chi connectivity index (χ1v) is 2.01. The van der Waals surface area contributed by atoms with Crippen LogP contribution in [-0.4, -0.2) is 16.1 Å². The zero-order valence-corrected chi connectivity index (χ0v) is 4.17. The lowest BCUT2D eigenvalue weighted by Crippen LogP contribution is -2.13. The topological polar surface area (TPSA) is 68.0 Å². The van der Waals surface area contributed by atoms with Gasteiger partial charge in [-0.15, -0.1) is 10.2 Å². The van der Waals surface area contributed by atoms with Gasteiger partial charge >= 0.3 is 11.8 Å². The summed E-state index contributed by atoms with van der Waals surface area (Å²) in [6.45, 7) is 0. The number of aromatic nitrogens is 2. The molecule has 0 spiro atoms. The van der Waals surface area contributed by atoms with E-state index in [0.717, 1.165) is 11.9 Å². The van der Waals surface area contributed by atoms with Crippen LogP contribution in [0.3, 0.4) is 0 Å². The number of nitrogens with one attached hydrogen (secondary N) is 1. The minimum Gasteiger partial charge on any atom is -0.420 e. The number of hydrogen-bond donors (Lipinski definition) is 1. The summed E-state index contributed by atoms with van der Waals surface area (Å²) in [4.78, 5) is 10.2. The van der Waals surface area contributed by atoms with Crippen molar-refractivity contribution in [3.63, 3.8) is 0 Å². The Balaban J connectivity index is 2.77. The van der Waals surface area contributed by atoms with Crippen LogP contribution in [0.1, 0.15) is 10.7 Å². The van der Waals surface area contributed by atoms with Crippen LogP contribution in [-0.2, 0) is 0 Å². The van der Waals surface area contributed by atoms with Gasteiger partial charge in [-0.3, -0.25) is 4.79 Å². The molecule has 1 aromatic rings. The van der Waals surface area contributed by atoms with E-state index in [9.17, 15) is 9.28 Å². The molecule has 6 heteroatoms. The van der Waals surface area contributed by atoms with Crippen molar-refractivity contribution in [3.05, 3.63) is 12.3 Å². The molecule has 1 heterocycles. The van der Waals surface area contributed by atoms with E-state index in [1.165, 1.54) is 0 Å². The van der Waals surface area contributed by atoms with Crippen LogP contribution in [0.4, 0.5) is 4.48 Å². The van der Waals surface area contributed by atoms with Gasteiger partial charge in [-0.25, -0.2) is 0 Å². The summed E-state index contributed by atoms with van der Waals surface area (Å²) in [6.07, 6.45) is 0.935. The molecule has 0 saturated carbocycles. The molecule has 9 heavy (non-hydrogen) atoms. The van der Waals surface area contributed by atoms with Crippen molar-refractivity contribution in [1.82, 2.24) is 15.7 Å². The normalized spacial score (nSPS) is 9.00. The van der Waals surface area contributed by atoms with Crippen LogP contribution in [0.15, 0.2) is 10.8 Å². The highest BCUT2D eigenvalue weighted by atomic mass is 19.2. The Bertz CT molecular complexity index is 197. The van der Waals surface area contributed by atoms with Gasteiger partial charge in [0.25, 0.3) is 0 Å². The highest BCUT2D eigenvalue weighted by molar-refractivity contribution is 5.88. The summed E-state index contributed by atoms with van der Waals surface area (Å²) in [5.74, 6) is -1.43. The molecule has 0 saturated heterocycles. The van der Waals surface area contributed by atoms with Crippen LogP contribution in [0.25, 0.3) is 0 Å². The third-order valence-corrected chi connectivity index (χ3v) is 0.640. The van der Waals surface area contributed by atoms with E-state index in [2.05, 4.69) is 14.6 Å². The van der Waals surface area contributed by atoms with Crippen molar-refractivity contribution < 1.29 is 13.7 Å². The van der Waals surface area contributed by atoms with Crippen molar-refractivity contribution in [1.29, 1.82) is 0 Å². The Hall–Kier alpha value is -1.46. The Labute approximate surface area is 48.8 Å². The van der Waals surface area contributed by atoms with Crippen LogP contribution < -0.4 is 5.54 Å². The molecular weight excluding hydrogens is 129 g/mol. The predicted octanol–water partition coefficient (Wildman–Crippen LogP) is -0.316. The van der Waals surface area contributed by atoms with E-state index in [1.54, 1.807) is 0 Å². The molecule has 0 unspecified atom stereocenters. The van der Waals surface area contributed by atoms with Crippen molar-refractivity contribution in [2.45, 2.75) is 0 Å². The number of hydrogen-bond acceptors (Lipinski definition) is 4. The molecule has 0 atom stereocenters. The van der Waals surface area contributed by atoms with Crippen molar-refractivity contribution in [3.8, 4) is 0 Å². The molecule has 0 aliphatic heterocycles. The predicted molar refractivity (Wildman–Crippen MR) is 22.9 cm³/mol. The van der Waals surface area contributed by atoms with Crippen LogP contribution >= 0.6 is 0 Å². The zero-order valence-electron chi connectivity index (χ0n) is 4.17. The fourth-order valence-electron chi connectivity index (χ4n) is 0.312. The standard InChI is InChI=1S/C3H2FN3O2/c4-6-2(8)3-7-5-1-9-3/h1H,(H,6,8). The second-order valence-corrected chi connectivity index (χ2v) is 1.17. The molecule has 1 amide bonds. The van der Waals surface area contributed by atoms with E-state index < -0.39 is 11.8 Å².